The molecular formula is C14H12ClNO2. The molecule has 3 rings (SSSR count). The van der Waals surface area contributed by atoms with E-state index in [0.29, 0.717) is 15.9 Å². The zero-order chi connectivity index (χ0) is 12.9. The quantitative estimate of drug-likeness (QED) is 0.898. The minimum atomic E-state index is -0.935. The molecule has 0 aliphatic heterocycles. The molecule has 1 heterocycles. The van der Waals surface area contributed by atoms with Gasteiger partial charge in [0.05, 0.1) is 16.1 Å². The van der Waals surface area contributed by atoms with Crippen molar-refractivity contribution in [3.63, 3.8) is 0 Å². The van der Waals surface area contributed by atoms with Gasteiger partial charge in [0, 0.05) is 16.5 Å². The predicted molar refractivity (Wildman–Crippen MR) is 70.3 cm³/mol. The highest BCUT2D eigenvalue weighted by Crippen LogP contribution is 2.47. The van der Waals surface area contributed by atoms with Crippen molar-refractivity contribution in [1.82, 2.24) is 4.98 Å². The van der Waals surface area contributed by atoms with Crippen LogP contribution < -0.4 is 0 Å². The van der Waals surface area contributed by atoms with Gasteiger partial charge in [-0.25, -0.2) is 4.79 Å². The second-order valence-electron chi connectivity index (χ2n) is 5.06. The zero-order valence-electron chi connectivity index (χ0n) is 9.90. The molecule has 3 nitrogen and oxygen atoms in total. The summed E-state index contributed by atoms with van der Waals surface area (Å²) in [5, 5.41) is 10.4. The molecule has 0 bridgehead atoms. The van der Waals surface area contributed by atoms with E-state index in [0.717, 1.165) is 18.5 Å². The molecule has 1 aliphatic carbocycles. The van der Waals surface area contributed by atoms with Gasteiger partial charge in [0.15, 0.2) is 0 Å². The van der Waals surface area contributed by atoms with Crippen molar-refractivity contribution in [1.29, 1.82) is 0 Å². The number of nitrogens with zero attached hydrogens (tertiary/aromatic N) is 1. The second-order valence-corrected chi connectivity index (χ2v) is 5.46. The van der Waals surface area contributed by atoms with E-state index in [1.54, 1.807) is 24.3 Å². The number of aromatic nitrogens is 1. The van der Waals surface area contributed by atoms with E-state index in [4.69, 9.17) is 11.6 Å². The van der Waals surface area contributed by atoms with Gasteiger partial charge in [-0.05, 0) is 25.0 Å². The Hall–Kier alpha value is -1.61. The molecule has 1 N–H and O–H groups in total. The standard InChI is InChI=1S/C14H12ClNO2/c1-14(5-6-14)11-7-9(13(17)18)8-3-2-4-10(15)12(8)16-11/h2-4,7H,5-6H2,1H3,(H,17,18). The van der Waals surface area contributed by atoms with Gasteiger partial charge in [0.25, 0.3) is 0 Å². The van der Waals surface area contributed by atoms with Gasteiger partial charge < -0.3 is 5.11 Å². The molecular weight excluding hydrogens is 250 g/mol. The van der Waals surface area contributed by atoms with Crippen LogP contribution in [0.1, 0.15) is 35.8 Å². The van der Waals surface area contributed by atoms with Gasteiger partial charge in [-0.3, -0.25) is 4.98 Å². The highest BCUT2D eigenvalue weighted by molar-refractivity contribution is 6.35. The summed E-state index contributed by atoms with van der Waals surface area (Å²) in [6, 6.07) is 6.92. The third kappa shape index (κ3) is 1.66. The van der Waals surface area contributed by atoms with Crippen molar-refractivity contribution in [2.45, 2.75) is 25.2 Å². The third-order valence-electron chi connectivity index (χ3n) is 3.64. The molecule has 4 heteroatoms. The molecule has 1 aromatic heterocycles. The van der Waals surface area contributed by atoms with Crippen LogP contribution in [-0.4, -0.2) is 16.1 Å². The number of halogens is 1. The normalized spacial score (nSPS) is 16.8. The first-order valence-corrected chi connectivity index (χ1v) is 6.22. The average molecular weight is 262 g/mol. The fourth-order valence-electron chi connectivity index (χ4n) is 2.14. The smallest absolute Gasteiger partial charge is 0.336 e. The fraction of sp³-hybridized carbons (Fsp3) is 0.286. The first-order chi connectivity index (χ1) is 8.51. The molecule has 0 spiro atoms. The Morgan fingerprint density at radius 1 is 1.44 bits per heavy atom. The average Bonchev–Trinajstić information content (AvgIpc) is 3.08. The summed E-state index contributed by atoms with van der Waals surface area (Å²) in [4.78, 5) is 15.9. The number of carboxylic acid groups (broad SMARTS) is 1. The van der Waals surface area contributed by atoms with Gasteiger partial charge in [-0.15, -0.1) is 0 Å². The molecule has 0 unspecified atom stereocenters. The summed E-state index contributed by atoms with van der Waals surface area (Å²) in [5.41, 5.74) is 1.73. The summed E-state index contributed by atoms with van der Waals surface area (Å²) in [5.74, 6) is -0.935. The number of para-hydroxylation sites is 1. The SMILES string of the molecule is CC1(c2cc(C(=O)O)c3cccc(Cl)c3n2)CC1. The summed E-state index contributed by atoms with van der Waals surface area (Å²) in [6.07, 6.45) is 2.10. The minimum absolute atomic E-state index is 0.0254. The van der Waals surface area contributed by atoms with Crippen LogP contribution in [0.15, 0.2) is 24.3 Å². The van der Waals surface area contributed by atoms with Crippen molar-refractivity contribution < 1.29 is 9.90 Å². The largest absolute Gasteiger partial charge is 0.478 e. The Kier molecular flexibility index (Phi) is 2.35. The van der Waals surface area contributed by atoms with Gasteiger partial charge in [0.1, 0.15) is 0 Å². The highest BCUT2D eigenvalue weighted by Gasteiger charge is 2.41. The van der Waals surface area contributed by atoms with E-state index in [9.17, 15) is 9.90 Å². The van der Waals surface area contributed by atoms with Crippen LogP contribution in [0, 0.1) is 0 Å². The van der Waals surface area contributed by atoms with Crippen LogP contribution in [0.25, 0.3) is 10.9 Å². The van der Waals surface area contributed by atoms with Crippen molar-refractivity contribution >= 4 is 28.5 Å². The van der Waals surface area contributed by atoms with Gasteiger partial charge >= 0.3 is 5.97 Å². The lowest BCUT2D eigenvalue weighted by Gasteiger charge is -2.12. The van der Waals surface area contributed by atoms with Crippen LogP contribution in [0.2, 0.25) is 5.02 Å². The zero-order valence-corrected chi connectivity index (χ0v) is 10.7. The molecule has 92 valence electrons. The van der Waals surface area contributed by atoms with E-state index >= 15 is 0 Å². The molecule has 0 amide bonds. The molecule has 1 aliphatic rings. The first kappa shape index (κ1) is 11.5. The number of benzene rings is 1. The molecule has 0 saturated heterocycles. The first-order valence-electron chi connectivity index (χ1n) is 5.84. The third-order valence-corrected chi connectivity index (χ3v) is 3.94. The van der Waals surface area contributed by atoms with E-state index < -0.39 is 5.97 Å². The van der Waals surface area contributed by atoms with Crippen LogP contribution in [-0.2, 0) is 5.41 Å². The number of fused-ring (bicyclic) bond motifs is 1. The number of hydrogen-bond donors (Lipinski definition) is 1. The Morgan fingerprint density at radius 2 is 2.17 bits per heavy atom. The van der Waals surface area contributed by atoms with E-state index in [1.165, 1.54) is 0 Å². The number of hydrogen-bond acceptors (Lipinski definition) is 2. The Labute approximate surface area is 109 Å². The lowest BCUT2D eigenvalue weighted by molar-refractivity contribution is 0.0699. The van der Waals surface area contributed by atoms with E-state index in [-0.39, 0.29) is 11.0 Å². The van der Waals surface area contributed by atoms with Crippen LogP contribution in [0.5, 0.6) is 0 Å². The number of aromatic carboxylic acids is 1. The monoisotopic (exact) mass is 261 g/mol. The van der Waals surface area contributed by atoms with Crippen molar-refractivity contribution in [2.75, 3.05) is 0 Å². The van der Waals surface area contributed by atoms with Crippen molar-refractivity contribution in [3.8, 4) is 0 Å². The molecule has 1 aromatic carbocycles. The molecule has 0 atom stereocenters. The lowest BCUT2D eigenvalue weighted by Crippen LogP contribution is -2.08. The maximum atomic E-state index is 11.4. The highest BCUT2D eigenvalue weighted by atomic mass is 35.5. The van der Waals surface area contributed by atoms with Crippen LogP contribution in [0.4, 0.5) is 0 Å². The fourth-order valence-corrected chi connectivity index (χ4v) is 2.36. The van der Waals surface area contributed by atoms with Gasteiger partial charge in [0.2, 0.25) is 0 Å². The Balaban J connectivity index is 2.36. The molecule has 1 fully saturated rings. The lowest BCUT2D eigenvalue weighted by atomic mass is 10.00. The predicted octanol–water partition coefficient (Wildman–Crippen LogP) is 3.64. The molecule has 1 saturated carbocycles. The van der Waals surface area contributed by atoms with E-state index in [2.05, 4.69) is 11.9 Å². The maximum Gasteiger partial charge on any atom is 0.336 e. The molecule has 18 heavy (non-hydrogen) atoms. The van der Waals surface area contributed by atoms with Crippen molar-refractivity contribution in [2.24, 2.45) is 0 Å². The summed E-state index contributed by atoms with van der Waals surface area (Å²) >= 11 is 6.12. The number of carboxylic acids is 1. The summed E-state index contributed by atoms with van der Waals surface area (Å²) in [7, 11) is 0. The Bertz CT molecular complexity index is 662. The Morgan fingerprint density at radius 3 is 2.78 bits per heavy atom. The minimum Gasteiger partial charge on any atom is -0.478 e. The van der Waals surface area contributed by atoms with Crippen molar-refractivity contribution in [3.05, 3.63) is 40.5 Å². The second kappa shape index (κ2) is 3.69. The number of carbonyl (C=O) groups is 1. The van der Waals surface area contributed by atoms with Crippen LogP contribution >= 0.6 is 11.6 Å². The summed E-state index contributed by atoms with van der Waals surface area (Å²) in [6.45, 7) is 2.10. The number of pyridine rings is 1. The molecule has 2 aromatic rings. The topological polar surface area (TPSA) is 50.2 Å². The van der Waals surface area contributed by atoms with E-state index in [1.807, 2.05) is 0 Å². The maximum absolute atomic E-state index is 11.4. The van der Waals surface area contributed by atoms with Gasteiger partial charge in [-0.2, -0.15) is 0 Å². The van der Waals surface area contributed by atoms with Crippen LogP contribution in [0.3, 0.4) is 0 Å². The molecule has 0 radical (unpaired) electrons. The van der Waals surface area contributed by atoms with Gasteiger partial charge in [-0.1, -0.05) is 30.7 Å². The summed E-state index contributed by atoms with van der Waals surface area (Å²) < 4.78 is 0. The number of rotatable bonds is 2.